The second kappa shape index (κ2) is 4.86. The van der Waals surface area contributed by atoms with Gasteiger partial charge in [0.1, 0.15) is 0 Å². The summed E-state index contributed by atoms with van der Waals surface area (Å²) in [6.07, 6.45) is 0.913. The van der Waals surface area contributed by atoms with Crippen LogP contribution in [0, 0.1) is 0 Å². The van der Waals surface area contributed by atoms with Gasteiger partial charge < -0.3 is 5.32 Å². The summed E-state index contributed by atoms with van der Waals surface area (Å²) in [5.74, 6) is 0. The first-order valence-electron chi connectivity index (χ1n) is 5.62. The molecule has 4 heteroatoms. The van der Waals surface area contributed by atoms with E-state index in [2.05, 4.69) is 19.2 Å². The van der Waals surface area contributed by atoms with E-state index in [1.165, 1.54) is 0 Å². The first kappa shape index (κ1) is 12.1. The topological polar surface area (TPSA) is 29.1 Å². The van der Waals surface area contributed by atoms with Gasteiger partial charge in [-0.05, 0) is 36.7 Å². The van der Waals surface area contributed by atoms with Crippen molar-refractivity contribution in [1.29, 1.82) is 0 Å². The number of hydrogen-bond acceptors (Lipinski definition) is 2. The Labute approximate surface area is 104 Å². The number of halogens is 1. The molecule has 1 aliphatic heterocycles. The number of benzene rings is 1. The van der Waals surface area contributed by atoms with E-state index in [1.807, 2.05) is 18.2 Å². The largest absolute Gasteiger partial charge is 0.309 e. The summed E-state index contributed by atoms with van der Waals surface area (Å²) in [4.78, 5) is 0.946. The molecule has 3 unspecified atom stereocenters. The molecule has 0 radical (unpaired) electrons. The Bertz CT molecular complexity index is 421. The third-order valence-corrected chi connectivity index (χ3v) is 5.19. The fourth-order valence-electron chi connectivity index (χ4n) is 2.28. The summed E-state index contributed by atoms with van der Waals surface area (Å²) in [7, 11) is -0.897. The lowest BCUT2D eigenvalue weighted by molar-refractivity contribution is 0.521. The minimum atomic E-state index is -0.897. The predicted molar refractivity (Wildman–Crippen MR) is 68.4 cm³/mol. The van der Waals surface area contributed by atoms with E-state index >= 15 is 0 Å². The van der Waals surface area contributed by atoms with Crippen LogP contribution >= 0.6 is 11.6 Å². The Balaban J connectivity index is 2.45. The zero-order chi connectivity index (χ0) is 11.7. The fraction of sp³-hybridized carbons (Fsp3) is 0.500. The molecule has 0 spiro atoms. The van der Waals surface area contributed by atoms with Crippen molar-refractivity contribution in [2.45, 2.75) is 36.5 Å². The second-order valence-electron chi connectivity index (χ2n) is 3.96. The molecule has 0 aromatic heterocycles. The van der Waals surface area contributed by atoms with Gasteiger partial charge in [0.2, 0.25) is 0 Å². The van der Waals surface area contributed by atoms with Gasteiger partial charge in [-0.25, -0.2) is 0 Å². The van der Waals surface area contributed by atoms with Crippen molar-refractivity contribution in [2.75, 3.05) is 6.54 Å². The summed E-state index contributed by atoms with van der Waals surface area (Å²) >= 11 is 6.00. The van der Waals surface area contributed by atoms with Gasteiger partial charge >= 0.3 is 0 Å². The maximum Gasteiger partial charge on any atom is 0.0587 e. The van der Waals surface area contributed by atoms with Crippen molar-refractivity contribution in [3.05, 3.63) is 28.8 Å². The van der Waals surface area contributed by atoms with Crippen LogP contribution in [0.5, 0.6) is 0 Å². The molecular formula is C12H16ClNOS. The molecule has 1 heterocycles. The van der Waals surface area contributed by atoms with E-state index in [4.69, 9.17) is 11.6 Å². The van der Waals surface area contributed by atoms with Crippen LogP contribution in [0.25, 0.3) is 0 Å². The van der Waals surface area contributed by atoms with Crippen LogP contribution in [0.3, 0.4) is 0 Å². The van der Waals surface area contributed by atoms with Gasteiger partial charge in [0, 0.05) is 16.0 Å². The van der Waals surface area contributed by atoms with Crippen molar-refractivity contribution < 1.29 is 4.21 Å². The van der Waals surface area contributed by atoms with Gasteiger partial charge in [-0.2, -0.15) is 0 Å². The minimum Gasteiger partial charge on any atom is -0.309 e. The van der Waals surface area contributed by atoms with Gasteiger partial charge in [-0.3, -0.25) is 4.21 Å². The van der Waals surface area contributed by atoms with Crippen LogP contribution in [0.4, 0.5) is 0 Å². The van der Waals surface area contributed by atoms with E-state index in [0.29, 0.717) is 0 Å². The number of fused-ring (bicyclic) bond motifs is 1. The SMILES string of the molecule is CCNC1c2cc(Cl)ccc2S(=O)C1CC. The second-order valence-corrected chi connectivity index (χ2v) is 6.04. The van der Waals surface area contributed by atoms with Crippen molar-refractivity contribution in [1.82, 2.24) is 5.32 Å². The zero-order valence-corrected chi connectivity index (χ0v) is 11.1. The van der Waals surface area contributed by atoms with E-state index in [-0.39, 0.29) is 11.3 Å². The molecule has 1 aliphatic rings. The Morgan fingerprint density at radius 2 is 2.19 bits per heavy atom. The number of nitrogens with one attached hydrogen (secondary N) is 1. The highest BCUT2D eigenvalue weighted by Gasteiger charge is 2.37. The summed E-state index contributed by atoms with van der Waals surface area (Å²) in [5.41, 5.74) is 1.11. The maximum absolute atomic E-state index is 12.3. The molecular weight excluding hydrogens is 242 g/mol. The van der Waals surface area contributed by atoms with Gasteiger partial charge in [0.15, 0.2) is 0 Å². The lowest BCUT2D eigenvalue weighted by Crippen LogP contribution is -2.29. The highest BCUT2D eigenvalue weighted by Crippen LogP contribution is 2.39. The summed E-state index contributed by atoms with van der Waals surface area (Å²) in [5, 5.41) is 4.30. The van der Waals surface area contributed by atoms with E-state index < -0.39 is 10.8 Å². The quantitative estimate of drug-likeness (QED) is 0.902. The average Bonchev–Trinajstić information content (AvgIpc) is 2.52. The Morgan fingerprint density at radius 3 is 2.81 bits per heavy atom. The van der Waals surface area contributed by atoms with Crippen LogP contribution < -0.4 is 5.32 Å². The van der Waals surface area contributed by atoms with Crippen molar-refractivity contribution in [3.63, 3.8) is 0 Å². The normalized spacial score (nSPS) is 28.1. The first-order chi connectivity index (χ1) is 7.69. The van der Waals surface area contributed by atoms with E-state index in [0.717, 1.165) is 28.4 Å². The molecule has 1 N–H and O–H groups in total. The molecule has 0 saturated heterocycles. The molecule has 1 aromatic carbocycles. The highest BCUT2D eigenvalue weighted by molar-refractivity contribution is 7.86. The van der Waals surface area contributed by atoms with Crippen LogP contribution in [0.2, 0.25) is 5.02 Å². The summed E-state index contributed by atoms with van der Waals surface area (Å²) < 4.78 is 12.3. The average molecular weight is 258 g/mol. The molecule has 0 bridgehead atoms. The van der Waals surface area contributed by atoms with Crippen LogP contribution in [0.1, 0.15) is 31.9 Å². The van der Waals surface area contributed by atoms with E-state index in [9.17, 15) is 4.21 Å². The first-order valence-corrected chi connectivity index (χ1v) is 7.21. The monoisotopic (exact) mass is 257 g/mol. The lowest BCUT2D eigenvalue weighted by atomic mass is 10.0. The molecule has 0 aliphatic carbocycles. The molecule has 2 nitrogen and oxygen atoms in total. The molecule has 0 saturated carbocycles. The maximum atomic E-state index is 12.3. The molecule has 16 heavy (non-hydrogen) atoms. The van der Waals surface area contributed by atoms with Crippen molar-refractivity contribution in [3.8, 4) is 0 Å². The van der Waals surface area contributed by atoms with Crippen molar-refractivity contribution in [2.24, 2.45) is 0 Å². The Morgan fingerprint density at radius 1 is 1.44 bits per heavy atom. The molecule has 0 amide bonds. The van der Waals surface area contributed by atoms with Gasteiger partial charge in [-0.1, -0.05) is 25.4 Å². The summed E-state index contributed by atoms with van der Waals surface area (Å²) in [6.45, 7) is 5.03. The molecule has 0 fully saturated rings. The number of hydrogen-bond donors (Lipinski definition) is 1. The summed E-state index contributed by atoms with van der Waals surface area (Å²) in [6, 6.07) is 5.84. The Kier molecular flexibility index (Phi) is 3.67. The van der Waals surface area contributed by atoms with E-state index in [1.54, 1.807) is 0 Å². The third kappa shape index (κ3) is 1.92. The van der Waals surface area contributed by atoms with Gasteiger partial charge in [0.05, 0.1) is 16.0 Å². The van der Waals surface area contributed by atoms with Crippen LogP contribution in [0.15, 0.2) is 23.1 Å². The standard InChI is InChI=1S/C12H16ClNOS/c1-3-10-12(14-4-2)9-7-8(13)5-6-11(9)16(10)15/h5-7,10,12,14H,3-4H2,1-2H3. The minimum absolute atomic E-state index is 0.174. The van der Waals surface area contributed by atoms with Crippen LogP contribution in [-0.2, 0) is 10.8 Å². The van der Waals surface area contributed by atoms with Gasteiger partial charge in [0.25, 0.3) is 0 Å². The smallest absolute Gasteiger partial charge is 0.0587 e. The molecule has 1 aromatic rings. The fourth-order valence-corrected chi connectivity index (χ4v) is 4.20. The third-order valence-electron chi connectivity index (χ3n) is 3.00. The van der Waals surface area contributed by atoms with Crippen molar-refractivity contribution >= 4 is 22.4 Å². The highest BCUT2D eigenvalue weighted by atomic mass is 35.5. The lowest BCUT2D eigenvalue weighted by Gasteiger charge is -2.18. The predicted octanol–water partition coefficient (Wildman–Crippen LogP) is 2.89. The number of rotatable bonds is 3. The molecule has 2 rings (SSSR count). The zero-order valence-electron chi connectivity index (χ0n) is 9.50. The Hall–Kier alpha value is -0.380. The van der Waals surface area contributed by atoms with Gasteiger partial charge in [-0.15, -0.1) is 0 Å². The van der Waals surface area contributed by atoms with Crippen LogP contribution in [-0.4, -0.2) is 16.0 Å². The molecule has 88 valence electrons. The molecule has 3 atom stereocenters.